The molecule has 0 unspecified atom stereocenters. The van der Waals surface area contributed by atoms with Gasteiger partial charge in [-0.25, -0.2) is 0 Å². The third-order valence-corrected chi connectivity index (χ3v) is 1.74. The van der Waals surface area contributed by atoms with Gasteiger partial charge < -0.3 is 20.1 Å². The van der Waals surface area contributed by atoms with E-state index in [2.05, 4.69) is 0 Å². The molecule has 5 N–H and O–H groups in total. The Bertz CT molecular complexity index is 71.3. The molecule has 0 radical (unpaired) electrons. The monoisotopic (exact) mass is 305 g/mol. The van der Waals surface area contributed by atoms with E-state index >= 15 is 0 Å². The van der Waals surface area contributed by atoms with E-state index in [4.69, 9.17) is 20.1 Å². The van der Waals surface area contributed by atoms with Crippen molar-refractivity contribution in [3.8, 4) is 0 Å². The maximum Gasteiger partial charge on any atom is 0.492 e. The van der Waals surface area contributed by atoms with E-state index in [0.29, 0.717) is 13.0 Å². The Labute approximate surface area is 98.7 Å². The zero-order valence-corrected chi connectivity index (χ0v) is 9.91. The fraction of sp³-hybridized carbons (Fsp3) is 1.00. The fourth-order valence-corrected chi connectivity index (χ4v) is 1.02. The first-order valence-electron chi connectivity index (χ1n) is 2.43. The molecule has 0 spiro atoms. The molecule has 0 aliphatic carbocycles. The van der Waals surface area contributed by atoms with Crippen LogP contribution in [0.25, 0.3) is 0 Å². The van der Waals surface area contributed by atoms with Crippen LogP contribution in [0.1, 0.15) is 6.42 Å². The maximum absolute atomic E-state index is 8.34. The minimum atomic E-state index is -3.76. The smallest absolute Gasteiger partial charge is 0.390 e. The summed E-state index contributed by atoms with van der Waals surface area (Å²) in [6, 6.07) is 0.0451. The van der Waals surface area contributed by atoms with Gasteiger partial charge in [0.15, 0.2) is 0 Å². The fourth-order valence-electron chi connectivity index (χ4n) is 0.339. The van der Waals surface area contributed by atoms with Gasteiger partial charge in [-0.2, -0.15) is 0 Å². The molecular formula is C3H11Fe3NO3Si. The van der Waals surface area contributed by atoms with Crippen LogP contribution in [0.5, 0.6) is 0 Å². The van der Waals surface area contributed by atoms with Crippen LogP contribution in [0.2, 0.25) is 6.04 Å². The Hall–Kier alpha value is 1.62. The Morgan fingerprint density at radius 1 is 1.00 bits per heavy atom. The van der Waals surface area contributed by atoms with Crippen LogP contribution in [-0.4, -0.2) is 29.7 Å². The van der Waals surface area contributed by atoms with E-state index in [0.717, 1.165) is 0 Å². The molecular weight excluding hydrogens is 294 g/mol. The molecule has 11 heavy (non-hydrogen) atoms. The molecule has 0 saturated carbocycles. The Morgan fingerprint density at radius 3 is 1.45 bits per heavy atom. The molecule has 0 aromatic rings. The van der Waals surface area contributed by atoms with Crippen molar-refractivity contribution >= 4 is 8.80 Å². The van der Waals surface area contributed by atoms with E-state index in [1.165, 1.54) is 0 Å². The molecule has 4 nitrogen and oxygen atoms in total. The van der Waals surface area contributed by atoms with E-state index in [1.807, 2.05) is 0 Å². The third kappa shape index (κ3) is 24.5. The van der Waals surface area contributed by atoms with E-state index in [9.17, 15) is 0 Å². The van der Waals surface area contributed by atoms with Gasteiger partial charge in [0.05, 0.1) is 0 Å². The van der Waals surface area contributed by atoms with E-state index in [-0.39, 0.29) is 57.3 Å². The molecule has 0 saturated heterocycles. The van der Waals surface area contributed by atoms with Crippen LogP contribution in [0.4, 0.5) is 0 Å². The Morgan fingerprint density at radius 2 is 1.36 bits per heavy atom. The van der Waals surface area contributed by atoms with Gasteiger partial charge in [0.2, 0.25) is 0 Å². The molecule has 0 aliphatic heterocycles. The first-order valence-corrected chi connectivity index (χ1v) is 4.48. The predicted octanol–water partition coefficient (Wildman–Crippen LogP) is -1.76. The zero-order chi connectivity index (χ0) is 6.62. The normalized spacial score (nSPS) is 8.73. The number of hydrogen-bond donors (Lipinski definition) is 4. The minimum Gasteiger partial charge on any atom is -0.390 e. The summed E-state index contributed by atoms with van der Waals surface area (Å²) in [5, 5.41) is 0. The van der Waals surface area contributed by atoms with Crippen molar-refractivity contribution in [3.05, 3.63) is 0 Å². The van der Waals surface area contributed by atoms with Crippen LogP contribution >= 0.6 is 0 Å². The second-order valence-electron chi connectivity index (χ2n) is 1.67. The van der Waals surface area contributed by atoms with E-state index < -0.39 is 8.80 Å². The first-order chi connectivity index (χ1) is 3.56. The molecule has 0 aromatic heterocycles. The molecule has 0 fully saturated rings. The molecule has 74 valence electrons. The van der Waals surface area contributed by atoms with Crippen molar-refractivity contribution in [3.63, 3.8) is 0 Å². The summed E-state index contributed by atoms with van der Waals surface area (Å²) >= 11 is 0. The van der Waals surface area contributed by atoms with Crippen LogP contribution in [0.3, 0.4) is 0 Å². The van der Waals surface area contributed by atoms with Crippen molar-refractivity contribution < 1.29 is 65.6 Å². The van der Waals surface area contributed by atoms with Crippen molar-refractivity contribution in [1.82, 2.24) is 0 Å². The zero-order valence-electron chi connectivity index (χ0n) is 5.60. The minimum absolute atomic E-state index is 0. The molecule has 0 amide bonds. The van der Waals surface area contributed by atoms with Gasteiger partial charge in [-0.3, -0.25) is 0 Å². The van der Waals surface area contributed by atoms with Gasteiger partial charge in [0, 0.05) is 57.3 Å². The largest absolute Gasteiger partial charge is 0.492 e. The van der Waals surface area contributed by atoms with Crippen LogP contribution in [0, 0.1) is 0 Å². The van der Waals surface area contributed by atoms with Gasteiger partial charge in [-0.15, -0.1) is 0 Å². The number of rotatable bonds is 3. The standard InChI is InChI=1S/C3H11NO3Si.3Fe/c4-2-1-3-8(5,6)7;;;/h5-7H,1-4H2;;;. The molecule has 8 heteroatoms. The third-order valence-electron chi connectivity index (χ3n) is 0.716. The molecule has 0 atom stereocenters. The topological polar surface area (TPSA) is 86.7 Å². The van der Waals surface area contributed by atoms with Crippen LogP contribution in [0.15, 0.2) is 0 Å². The van der Waals surface area contributed by atoms with Crippen molar-refractivity contribution in [2.45, 2.75) is 12.5 Å². The first kappa shape index (κ1) is 22.9. The van der Waals surface area contributed by atoms with E-state index in [1.54, 1.807) is 0 Å². The summed E-state index contributed by atoms with van der Waals surface area (Å²) in [4.78, 5) is 25.0. The van der Waals surface area contributed by atoms with Gasteiger partial charge in [-0.05, 0) is 13.0 Å². The average molecular weight is 305 g/mol. The van der Waals surface area contributed by atoms with Crippen LogP contribution in [-0.2, 0) is 51.2 Å². The molecule has 0 aliphatic rings. The summed E-state index contributed by atoms with van der Waals surface area (Å²) < 4.78 is 0. The quantitative estimate of drug-likeness (QED) is 0.466. The second kappa shape index (κ2) is 11.6. The number of nitrogens with two attached hydrogens (primary N) is 1. The van der Waals surface area contributed by atoms with Crippen molar-refractivity contribution in [2.24, 2.45) is 5.73 Å². The van der Waals surface area contributed by atoms with Crippen LogP contribution < -0.4 is 5.73 Å². The van der Waals surface area contributed by atoms with Crippen molar-refractivity contribution in [2.75, 3.05) is 6.54 Å². The summed E-state index contributed by atoms with van der Waals surface area (Å²) in [5.74, 6) is 0. The maximum atomic E-state index is 8.34. The summed E-state index contributed by atoms with van der Waals surface area (Å²) in [7, 11) is -3.76. The molecule has 0 heterocycles. The predicted molar refractivity (Wildman–Crippen MR) is 30.9 cm³/mol. The van der Waals surface area contributed by atoms with Gasteiger partial charge in [-0.1, -0.05) is 0 Å². The number of hydrogen-bond acceptors (Lipinski definition) is 4. The van der Waals surface area contributed by atoms with Crippen molar-refractivity contribution in [1.29, 1.82) is 0 Å². The Balaban J connectivity index is -0.0000000817. The second-order valence-corrected chi connectivity index (χ2v) is 3.72. The average Bonchev–Trinajstić information content (AvgIpc) is 1.59. The SMILES string of the molecule is NCCC[Si](O)(O)O.[Fe].[Fe].[Fe]. The summed E-state index contributed by atoms with van der Waals surface area (Å²) in [6.45, 7) is 0.385. The van der Waals surface area contributed by atoms with Gasteiger partial charge in [0.1, 0.15) is 0 Å². The molecule has 0 aromatic carbocycles. The summed E-state index contributed by atoms with van der Waals surface area (Å²) in [6.07, 6.45) is 0.468. The molecule has 0 bridgehead atoms. The Kier molecular flexibility index (Phi) is 24.2. The van der Waals surface area contributed by atoms with Gasteiger partial charge in [0.25, 0.3) is 0 Å². The summed E-state index contributed by atoms with van der Waals surface area (Å²) in [5.41, 5.74) is 5.02. The molecule has 0 rings (SSSR count). The van der Waals surface area contributed by atoms with Gasteiger partial charge >= 0.3 is 8.80 Å².